The summed E-state index contributed by atoms with van der Waals surface area (Å²) in [7, 11) is 3.23. The summed E-state index contributed by atoms with van der Waals surface area (Å²) >= 11 is 0. The Morgan fingerprint density at radius 1 is 1.10 bits per heavy atom. The third-order valence-electron chi connectivity index (χ3n) is 5.31. The van der Waals surface area contributed by atoms with E-state index in [4.69, 9.17) is 9.47 Å². The number of allylic oxidation sites excluding steroid dienone is 1. The van der Waals surface area contributed by atoms with Crippen molar-refractivity contribution in [2.45, 2.75) is 39.6 Å². The minimum Gasteiger partial charge on any atom is -0.380 e. The van der Waals surface area contributed by atoms with Crippen molar-refractivity contribution in [2.75, 3.05) is 14.2 Å². The molecule has 0 spiro atoms. The Morgan fingerprint density at radius 3 is 2.14 bits per heavy atom. The fraction of sp³-hybridized carbons (Fsp3) is 0.556. The van der Waals surface area contributed by atoms with Gasteiger partial charge in [0.2, 0.25) is 0 Å². The van der Waals surface area contributed by atoms with Gasteiger partial charge in [0.15, 0.2) is 6.29 Å². The smallest absolute Gasteiger partial charge is 0.183 e. The summed E-state index contributed by atoms with van der Waals surface area (Å²) in [5.74, 6) is 0.472. The summed E-state index contributed by atoms with van der Waals surface area (Å²) in [6.45, 7) is 8.42. The number of benzene rings is 1. The molecule has 1 N–H and O–H groups in total. The Bertz CT molecular complexity index is 545. The zero-order valence-electron chi connectivity index (χ0n) is 13.8. The van der Waals surface area contributed by atoms with Crippen LogP contribution in [0.3, 0.4) is 0 Å². The highest BCUT2D eigenvalue weighted by atomic mass is 16.7. The highest BCUT2D eigenvalue weighted by molar-refractivity contribution is 5.45. The number of aliphatic hydroxyl groups is 1. The first kappa shape index (κ1) is 16.2. The summed E-state index contributed by atoms with van der Waals surface area (Å²) < 4.78 is 10.8. The highest BCUT2D eigenvalue weighted by Crippen LogP contribution is 2.51. The second-order valence-electron chi connectivity index (χ2n) is 6.04. The third-order valence-corrected chi connectivity index (χ3v) is 5.31. The lowest BCUT2D eigenvalue weighted by Crippen LogP contribution is -2.34. The van der Waals surface area contributed by atoms with Crippen LogP contribution in [0.1, 0.15) is 45.1 Å². The topological polar surface area (TPSA) is 38.7 Å². The molecule has 3 nitrogen and oxygen atoms in total. The van der Waals surface area contributed by atoms with Crippen molar-refractivity contribution in [1.82, 2.24) is 0 Å². The van der Waals surface area contributed by atoms with Gasteiger partial charge in [-0.05, 0) is 36.8 Å². The van der Waals surface area contributed by atoms with Gasteiger partial charge in [0.1, 0.15) is 5.60 Å². The van der Waals surface area contributed by atoms with Crippen LogP contribution in [0.4, 0.5) is 0 Å². The summed E-state index contributed by atoms with van der Waals surface area (Å²) in [6, 6.07) is 7.84. The second kappa shape index (κ2) is 5.91. The predicted molar refractivity (Wildman–Crippen MR) is 83.8 cm³/mol. The number of hydrogen-bond acceptors (Lipinski definition) is 3. The Balaban J connectivity index is 2.62. The number of ether oxygens (including phenoxy) is 2. The van der Waals surface area contributed by atoms with E-state index in [1.807, 2.05) is 31.2 Å². The van der Waals surface area contributed by atoms with Crippen molar-refractivity contribution < 1.29 is 14.6 Å². The zero-order valence-corrected chi connectivity index (χ0v) is 13.8. The SMILES string of the molecule is COC(OC)c1ccccc1C1(O)C(C)=C(C)C(C)C1C. The lowest BCUT2D eigenvalue weighted by molar-refractivity contribution is -0.109. The van der Waals surface area contributed by atoms with Gasteiger partial charge in [-0.3, -0.25) is 0 Å². The molecule has 0 aliphatic heterocycles. The van der Waals surface area contributed by atoms with Crippen molar-refractivity contribution in [1.29, 1.82) is 0 Å². The van der Waals surface area contributed by atoms with Crippen molar-refractivity contribution in [2.24, 2.45) is 11.8 Å². The van der Waals surface area contributed by atoms with Crippen LogP contribution < -0.4 is 0 Å². The van der Waals surface area contributed by atoms with E-state index in [2.05, 4.69) is 20.8 Å². The third kappa shape index (κ3) is 2.33. The van der Waals surface area contributed by atoms with Crippen LogP contribution >= 0.6 is 0 Å². The fourth-order valence-corrected chi connectivity index (χ4v) is 3.57. The number of methoxy groups -OCH3 is 2. The average Bonchev–Trinajstić information content (AvgIpc) is 2.65. The standard InChI is InChI=1S/C18H26O3/c1-11-12(2)14(4)18(19,13(11)3)16-10-8-7-9-15(16)17(20-5)21-6/h7-11,13,17,19H,1-6H3. The van der Waals surface area contributed by atoms with Crippen molar-refractivity contribution in [3.05, 3.63) is 46.5 Å². The minimum absolute atomic E-state index is 0.119. The average molecular weight is 290 g/mol. The van der Waals surface area contributed by atoms with E-state index in [1.54, 1.807) is 14.2 Å². The van der Waals surface area contributed by atoms with Gasteiger partial charge in [-0.1, -0.05) is 43.7 Å². The van der Waals surface area contributed by atoms with Crippen LogP contribution in [0.15, 0.2) is 35.4 Å². The Morgan fingerprint density at radius 2 is 1.67 bits per heavy atom. The van der Waals surface area contributed by atoms with Crippen LogP contribution in [-0.2, 0) is 15.1 Å². The molecule has 0 bridgehead atoms. The van der Waals surface area contributed by atoms with Gasteiger partial charge in [-0.2, -0.15) is 0 Å². The Hall–Kier alpha value is -1.16. The molecule has 3 unspecified atom stereocenters. The van der Waals surface area contributed by atoms with Crippen LogP contribution in [0, 0.1) is 11.8 Å². The molecule has 0 saturated heterocycles. The molecule has 2 rings (SSSR count). The first-order valence-corrected chi connectivity index (χ1v) is 7.44. The first-order chi connectivity index (χ1) is 9.89. The molecule has 0 saturated carbocycles. The van der Waals surface area contributed by atoms with Crippen LogP contribution in [-0.4, -0.2) is 19.3 Å². The molecule has 0 heterocycles. The van der Waals surface area contributed by atoms with E-state index in [1.165, 1.54) is 5.57 Å². The first-order valence-electron chi connectivity index (χ1n) is 7.44. The molecule has 1 aromatic carbocycles. The van der Waals surface area contributed by atoms with Gasteiger partial charge in [0.05, 0.1) is 0 Å². The maximum Gasteiger partial charge on any atom is 0.183 e. The van der Waals surface area contributed by atoms with Crippen LogP contribution in [0.2, 0.25) is 0 Å². The van der Waals surface area contributed by atoms with Crippen molar-refractivity contribution in [3.8, 4) is 0 Å². The van der Waals surface area contributed by atoms with E-state index < -0.39 is 11.9 Å². The molecular formula is C18H26O3. The summed E-state index contributed by atoms with van der Waals surface area (Å²) in [5, 5.41) is 11.5. The van der Waals surface area contributed by atoms with Gasteiger partial charge in [0.25, 0.3) is 0 Å². The molecule has 21 heavy (non-hydrogen) atoms. The summed E-state index contributed by atoms with van der Waals surface area (Å²) in [6.07, 6.45) is -0.471. The molecule has 1 aromatic rings. The molecule has 0 radical (unpaired) electrons. The molecule has 0 aromatic heterocycles. The van der Waals surface area contributed by atoms with Gasteiger partial charge < -0.3 is 14.6 Å². The van der Waals surface area contributed by atoms with Crippen molar-refractivity contribution >= 4 is 0 Å². The quantitative estimate of drug-likeness (QED) is 0.677. The second-order valence-corrected chi connectivity index (χ2v) is 6.04. The van der Waals surface area contributed by atoms with Crippen LogP contribution in [0.25, 0.3) is 0 Å². The van der Waals surface area contributed by atoms with Gasteiger partial charge in [0, 0.05) is 19.8 Å². The van der Waals surface area contributed by atoms with E-state index in [9.17, 15) is 5.11 Å². The molecular weight excluding hydrogens is 264 g/mol. The van der Waals surface area contributed by atoms with Crippen LogP contribution in [0.5, 0.6) is 0 Å². The van der Waals surface area contributed by atoms with Crippen molar-refractivity contribution in [3.63, 3.8) is 0 Å². The van der Waals surface area contributed by atoms with Gasteiger partial charge in [-0.25, -0.2) is 0 Å². The minimum atomic E-state index is -0.963. The lowest BCUT2D eigenvalue weighted by Gasteiger charge is -2.35. The predicted octanol–water partition coefficient (Wildman–Crippen LogP) is 3.79. The van der Waals surface area contributed by atoms with Gasteiger partial charge in [-0.15, -0.1) is 0 Å². The molecule has 0 fully saturated rings. The summed E-state index contributed by atoms with van der Waals surface area (Å²) in [4.78, 5) is 0. The molecule has 3 heteroatoms. The fourth-order valence-electron chi connectivity index (χ4n) is 3.57. The monoisotopic (exact) mass is 290 g/mol. The normalized spacial score (nSPS) is 29.5. The maximum absolute atomic E-state index is 11.5. The highest BCUT2D eigenvalue weighted by Gasteiger charge is 2.48. The van der Waals surface area contributed by atoms with E-state index in [0.29, 0.717) is 5.92 Å². The summed E-state index contributed by atoms with van der Waals surface area (Å²) in [5.41, 5.74) is 3.12. The molecule has 116 valence electrons. The molecule has 0 amide bonds. The Labute approximate surface area is 127 Å². The van der Waals surface area contributed by atoms with Gasteiger partial charge >= 0.3 is 0 Å². The number of hydrogen-bond donors (Lipinski definition) is 1. The maximum atomic E-state index is 11.5. The zero-order chi connectivity index (χ0) is 15.8. The Kier molecular flexibility index (Phi) is 4.57. The lowest BCUT2D eigenvalue weighted by atomic mass is 9.77. The molecule has 1 aliphatic rings. The van der Waals surface area contributed by atoms with E-state index >= 15 is 0 Å². The number of rotatable bonds is 4. The molecule has 1 aliphatic carbocycles. The molecule has 3 atom stereocenters. The largest absolute Gasteiger partial charge is 0.380 e. The van der Waals surface area contributed by atoms with E-state index in [0.717, 1.165) is 16.7 Å². The van der Waals surface area contributed by atoms with E-state index in [-0.39, 0.29) is 5.92 Å².